The summed E-state index contributed by atoms with van der Waals surface area (Å²) in [5, 5.41) is 7.42. The minimum Gasteiger partial charge on any atom is -0.488 e. The highest BCUT2D eigenvalue weighted by molar-refractivity contribution is 5.93. The monoisotopic (exact) mass is 390 g/mol. The standard InChI is InChI=1S/C22H22N4O3/c1-2-16-4-3-5-17(12-16)26-22-18-13-20-21(14-19(18)24-15-25-22)28-9-7-23-6-8-27-10-11-29-20/h1,3-5,12-15,23H,6-11H2,(H,24,25,26). The number of benzene rings is 2. The average molecular weight is 390 g/mol. The number of nitrogens with one attached hydrogen (secondary N) is 2. The first-order valence-electron chi connectivity index (χ1n) is 9.50. The Hall–Kier alpha value is -3.34. The van der Waals surface area contributed by atoms with Crippen molar-refractivity contribution in [1.29, 1.82) is 0 Å². The average Bonchev–Trinajstić information content (AvgIpc) is 2.74. The van der Waals surface area contributed by atoms with Crippen molar-refractivity contribution in [2.75, 3.05) is 44.8 Å². The van der Waals surface area contributed by atoms with Crippen molar-refractivity contribution in [3.63, 3.8) is 0 Å². The van der Waals surface area contributed by atoms with Gasteiger partial charge >= 0.3 is 0 Å². The number of terminal acetylenes is 1. The van der Waals surface area contributed by atoms with Crippen LogP contribution in [0.4, 0.5) is 11.5 Å². The Morgan fingerprint density at radius 1 is 0.966 bits per heavy atom. The number of hydrogen-bond donors (Lipinski definition) is 2. The van der Waals surface area contributed by atoms with Gasteiger partial charge in [-0.25, -0.2) is 9.97 Å². The molecule has 0 saturated carbocycles. The zero-order valence-corrected chi connectivity index (χ0v) is 16.0. The molecule has 0 bridgehead atoms. The fourth-order valence-corrected chi connectivity index (χ4v) is 3.03. The zero-order chi connectivity index (χ0) is 19.9. The van der Waals surface area contributed by atoms with Crippen molar-refractivity contribution in [3.05, 3.63) is 48.3 Å². The fourth-order valence-electron chi connectivity index (χ4n) is 3.03. The molecule has 2 aromatic carbocycles. The van der Waals surface area contributed by atoms with Gasteiger partial charge in [-0.1, -0.05) is 12.0 Å². The highest BCUT2D eigenvalue weighted by atomic mass is 16.5. The van der Waals surface area contributed by atoms with Gasteiger partial charge in [-0.15, -0.1) is 6.42 Å². The summed E-state index contributed by atoms with van der Waals surface area (Å²) in [7, 11) is 0. The molecule has 29 heavy (non-hydrogen) atoms. The van der Waals surface area contributed by atoms with E-state index >= 15 is 0 Å². The molecule has 2 heterocycles. The van der Waals surface area contributed by atoms with Gasteiger partial charge in [0, 0.05) is 35.8 Å². The van der Waals surface area contributed by atoms with Crippen LogP contribution in [-0.2, 0) is 4.74 Å². The van der Waals surface area contributed by atoms with E-state index in [0.29, 0.717) is 43.7 Å². The molecular weight excluding hydrogens is 368 g/mol. The second kappa shape index (κ2) is 9.24. The normalized spacial score (nSPS) is 15.0. The first kappa shape index (κ1) is 19.0. The predicted molar refractivity (Wildman–Crippen MR) is 112 cm³/mol. The van der Waals surface area contributed by atoms with E-state index in [9.17, 15) is 0 Å². The van der Waals surface area contributed by atoms with Crippen molar-refractivity contribution in [3.8, 4) is 23.8 Å². The summed E-state index contributed by atoms with van der Waals surface area (Å²) in [6.45, 7) is 3.63. The van der Waals surface area contributed by atoms with Gasteiger partial charge in [0.05, 0.1) is 18.7 Å². The maximum atomic E-state index is 5.93. The van der Waals surface area contributed by atoms with Crippen LogP contribution in [-0.4, -0.2) is 49.5 Å². The third-order valence-corrected chi connectivity index (χ3v) is 4.44. The molecule has 0 spiro atoms. The van der Waals surface area contributed by atoms with Crippen LogP contribution in [0.15, 0.2) is 42.7 Å². The topological polar surface area (TPSA) is 77.5 Å². The molecule has 148 valence electrons. The molecule has 7 heteroatoms. The minimum atomic E-state index is 0.433. The maximum absolute atomic E-state index is 5.93. The van der Waals surface area contributed by atoms with E-state index in [4.69, 9.17) is 20.6 Å². The molecule has 4 rings (SSSR count). The highest BCUT2D eigenvalue weighted by Gasteiger charge is 2.13. The second-order valence-corrected chi connectivity index (χ2v) is 6.45. The zero-order valence-electron chi connectivity index (χ0n) is 16.0. The molecular formula is C22H22N4O3. The van der Waals surface area contributed by atoms with E-state index in [-0.39, 0.29) is 0 Å². The van der Waals surface area contributed by atoms with E-state index < -0.39 is 0 Å². The number of fused-ring (bicyclic) bond motifs is 2. The summed E-state index contributed by atoms with van der Waals surface area (Å²) in [5.74, 6) is 4.59. The first-order valence-corrected chi connectivity index (χ1v) is 9.50. The van der Waals surface area contributed by atoms with Crippen LogP contribution in [0.5, 0.6) is 11.5 Å². The Morgan fingerprint density at radius 2 is 1.83 bits per heavy atom. The Balaban J connectivity index is 1.67. The van der Waals surface area contributed by atoms with Crippen LogP contribution in [0.25, 0.3) is 10.9 Å². The maximum Gasteiger partial charge on any atom is 0.163 e. The fraction of sp³-hybridized carbons (Fsp3) is 0.273. The van der Waals surface area contributed by atoms with Crippen molar-refractivity contribution < 1.29 is 14.2 Å². The van der Waals surface area contributed by atoms with E-state index in [2.05, 4.69) is 26.5 Å². The third-order valence-electron chi connectivity index (χ3n) is 4.44. The van der Waals surface area contributed by atoms with Crippen LogP contribution in [0.3, 0.4) is 0 Å². The van der Waals surface area contributed by atoms with Crippen molar-refractivity contribution in [2.24, 2.45) is 0 Å². The molecule has 2 N–H and O–H groups in total. The Morgan fingerprint density at radius 3 is 2.76 bits per heavy atom. The van der Waals surface area contributed by atoms with Crippen molar-refractivity contribution >= 4 is 22.4 Å². The Kier molecular flexibility index (Phi) is 6.05. The van der Waals surface area contributed by atoms with Gasteiger partial charge in [0.25, 0.3) is 0 Å². The smallest absolute Gasteiger partial charge is 0.163 e. The number of anilines is 2. The second-order valence-electron chi connectivity index (χ2n) is 6.45. The molecule has 0 radical (unpaired) electrons. The molecule has 7 nitrogen and oxygen atoms in total. The van der Waals surface area contributed by atoms with Crippen LogP contribution >= 0.6 is 0 Å². The summed E-state index contributed by atoms with van der Waals surface area (Å²) in [6.07, 6.45) is 7.02. The Labute approximate surface area is 169 Å². The SMILES string of the molecule is C#Cc1cccc(Nc2ncnc3cc4c(cc23)OCCOCCNCCO4)c1. The molecule has 1 aliphatic heterocycles. The minimum absolute atomic E-state index is 0.433. The van der Waals surface area contributed by atoms with Crippen molar-refractivity contribution in [1.82, 2.24) is 15.3 Å². The number of ether oxygens (including phenoxy) is 3. The number of hydrogen-bond acceptors (Lipinski definition) is 7. The largest absolute Gasteiger partial charge is 0.488 e. The number of nitrogens with zero attached hydrogens (tertiary/aromatic N) is 2. The molecule has 0 atom stereocenters. The number of aromatic nitrogens is 2. The number of rotatable bonds is 2. The van der Waals surface area contributed by atoms with Gasteiger partial charge in [0.1, 0.15) is 25.4 Å². The summed E-state index contributed by atoms with van der Waals surface area (Å²) >= 11 is 0. The molecule has 1 aromatic heterocycles. The summed E-state index contributed by atoms with van der Waals surface area (Å²) in [6, 6.07) is 11.4. The molecule has 0 saturated heterocycles. The summed E-state index contributed by atoms with van der Waals surface area (Å²) in [5.41, 5.74) is 2.40. The third kappa shape index (κ3) is 4.74. The lowest BCUT2D eigenvalue weighted by atomic mass is 10.2. The Bertz CT molecular complexity index is 1030. The summed E-state index contributed by atoms with van der Waals surface area (Å²) < 4.78 is 17.4. The lowest BCUT2D eigenvalue weighted by molar-refractivity contribution is 0.0974. The van der Waals surface area contributed by atoms with Gasteiger partial charge in [-0.3, -0.25) is 0 Å². The summed E-state index contributed by atoms with van der Waals surface area (Å²) in [4.78, 5) is 8.80. The molecule has 0 fully saturated rings. The molecule has 3 aromatic rings. The van der Waals surface area contributed by atoms with Crippen LogP contribution in [0.2, 0.25) is 0 Å². The van der Waals surface area contributed by atoms with Crippen LogP contribution < -0.4 is 20.1 Å². The lowest BCUT2D eigenvalue weighted by Crippen LogP contribution is -2.26. The predicted octanol–water partition coefficient (Wildman–Crippen LogP) is 2.73. The van der Waals surface area contributed by atoms with E-state index in [1.807, 2.05) is 36.4 Å². The van der Waals surface area contributed by atoms with E-state index in [0.717, 1.165) is 35.2 Å². The molecule has 0 amide bonds. The van der Waals surface area contributed by atoms with Gasteiger partial charge in [0.15, 0.2) is 11.5 Å². The van der Waals surface area contributed by atoms with Gasteiger partial charge in [-0.05, 0) is 24.3 Å². The van der Waals surface area contributed by atoms with Gasteiger partial charge in [0.2, 0.25) is 0 Å². The quantitative estimate of drug-likeness (QED) is 0.652. The molecule has 1 aliphatic rings. The first-order chi connectivity index (χ1) is 14.3. The van der Waals surface area contributed by atoms with Crippen LogP contribution in [0.1, 0.15) is 5.56 Å². The van der Waals surface area contributed by atoms with Gasteiger partial charge in [-0.2, -0.15) is 0 Å². The molecule has 0 aliphatic carbocycles. The molecule has 0 unspecified atom stereocenters. The highest BCUT2D eigenvalue weighted by Crippen LogP contribution is 2.35. The van der Waals surface area contributed by atoms with Crippen LogP contribution in [0, 0.1) is 12.3 Å². The van der Waals surface area contributed by atoms with Crippen molar-refractivity contribution in [2.45, 2.75) is 0 Å². The lowest BCUT2D eigenvalue weighted by Gasteiger charge is -2.17. The van der Waals surface area contributed by atoms with E-state index in [1.54, 1.807) is 0 Å². The van der Waals surface area contributed by atoms with E-state index in [1.165, 1.54) is 6.33 Å². The van der Waals surface area contributed by atoms with Gasteiger partial charge < -0.3 is 24.8 Å².